The van der Waals surface area contributed by atoms with Crippen LogP contribution in [0.1, 0.15) is 0 Å². The first-order chi connectivity index (χ1) is 11.1. The number of rotatable bonds is 8. The van der Waals surface area contributed by atoms with Crippen LogP contribution >= 0.6 is 0 Å². The average Bonchev–Trinajstić information content (AvgIpc) is 2.95. The highest BCUT2D eigenvalue weighted by atomic mass is 16.6. The molecule has 0 atom stereocenters. The molecule has 0 aliphatic heterocycles. The predicted octanol–water partition coefficient (Wildman–Crippen LogP) is 1.30. The molecular weight excluding hydrogens is 302 g/mol. The Balaban J connectivity index is 1.97. The van der Waals surface area contributed by atoms with Gasteiger partial charge >= 0.3 is 0 Å². The SMILES string of the molecule is COCCNC(=O)Cn1cc(Nc2ccccc2[N+](=O)[O-])cn1. The molecule has 2 aromatic rings. The maximum absolute atomic E-state index is 11.7. The fourth-order valence-corrected chi connectivity index (χ4v) is 1.90. The van der Waals surface area contributed by atoms with Crippen molar-refractivity contribution in [1.82, 2.24) is 15.1 Å². The topological polar surface area (TPSA) is 111 Å². The van der Waals surface area contributed by atoms with Crippen LogP contribution in [-0.4, -0.2) is 40.9 Å². The number of benzene rings is 1. The molecule has 122 valence electrons. The molecule has 0 aliphatic rings. The smallest absolute Gasteiger partial charge is 0.292 e. The largest absolute Gasteiger partial charge is 0.383 e. The van der Waals surface area contributed by atoms with Gasteiger partial charge in [0.1, 0.15) is 12.2 Å². The van der Waals surface area contributed by atoms with Crippen LogP contribution in [-0.2, 0) is 16.1 Å². The van der Waals surface area contributed by atoms with Crippen molar-refractivity contribution in [1.29, 1.82) is 0 Å². The van der Waals surface area contributed by atoms with E-state index in [4.69, 9.17) is 4.74 Å². The van der Waals surface area contributed by atoms with E-state index < -0.39 is 4.92 Å². The Hall–Kier alpha value is -2.94. The third-order valence-corrected chi connectivity index (χ3v) is 2.95. The number of nitro groups is 1. The fourth-order valence-electron chi connectivity index (χ4n) is 1.90. The first-order valence-electron chi connectivity index (χ1n) is 6.88. The molecule has 1 aromatic carbocycles. The molecule has 0 radical (unpaired) electrons. The van der Waals surface area contributed by atoms with E-state index in [0.29, 0.717) is 24.5 Å². The standard InChI is InChI=1S/C14H17N5O4/c1-23-7-6-15-14(20)10-18-9-11(8-16-18)17-12-4-2-3-5-13(12)19(21)22/h2-5,8-9,17H,6-7,10H2,1H3,(H,15,20). The summed E-state index contributed by atoms with van der Waals surface area (Å²) in [5.41, 5.74) is 0.892. The zero-order valence-electron chi connectivity index (χ0n) is 12.6. The van der Waals surface area contributed by atoms with Gasteiger partial charge in [-0.3, -0.25) is 19.6 Å². The number of anilines is 2. The molecule has 0 fully saturated rings. The zero-order chi connectivity index (χ0) is 16.7. The Labute approximate surface area is 132 Å². The van der Waals surface area contributed by atoms with Gasteiger partial charge in [-0.2, -0.15) is 5.10 Å². The number of nitrogens with zero attached hydrogens (tertiary/aromatic N) is 3. The van der Waals surface area contributed by atoms with Crippen LogP contribution in [0, 0.1) is 10.1 Å². The summed E-state index contributed by atoms with van der Waals surface area (Å²) < 4.78 is 6.28. The third kappa shape index (κ3) is 4.78. The Morgan fingerprint density at radius 3 is 2.96 bits per heavy atom. The molecule has 9 nitrogen and oxygen atoms in total. The number of methoxy groups -OCH3 is 1. The number of nitrogens with one attached hydrogen (secondary N) is 2. The molecule has 0 spiro atoms. The first-order valence-corrected chi connectivity index (χ1v) is 6.88. The number of nitro benzene ring substituents is 1. The number of ether oxygens (including phenoxy) is 1. The number of carbonyl (C=O) groups is 1. The lowest BCUT2D eigenvalue weighted by Gasteiger charge is -2.05. The van der Waals surface area contributed by atoms with Gasteiger partial charge in [0.2, 0.25) is 5.91 Å². The summed E-state index contributed by atoms with van der Waals surface area (Å²) in [6.07, 6.45) is 3.10. The summed E-state index contributed by atoms with van der Waals surface area (Å²) in [5, 5.41) is 20.6. The molecule has 1 heterocycles. The van der Waals surface area contributed by atoms with Crippen molar-refractivity contribution in [2.24, 2.45) is 0 Å². The number of amides is 1. The monoisotopic (exact) mass is 319 g/mol. The van der Waals surface area contributed by atoms with Crippen LogP contribution in [0.15, 0.2) is 36.7 Å². The van der Waals surface area contributed by atoms with Crippen molar-refractivity contribution in [3.63, 3.8) is 0 Å². The molecule has 0 saturated carbocycles. The summed E-state index contributed by atoms with van der Waals surface area (Å²) >= 11 is 0. The Bertz CT molecular complexity index is 685. The summed E-state index contributed by atoms with van der Waals surface area (Å²) in [6.45, 7) is 0.926. The van der Waals surface area contributed by atoms with Gasteiger partial charge in [-0.15, -0.1) is 0 Å². The van der Waals surface area contributed by atoms with Crippen molar-refractivity contribution >= 4 is 23.0 Å². The lowest BCUT2D eigenvalue weighted by molar-refractivity contribution is -0.383. The summed E-state index contributed by atoms with van der Waals surface area (Å²) in [6, 6.07) is 6.31. The van der Waals surface area contributed by atoms with Gasteiger partial charge in [0.15, 0.2) is 0 Å². The van der Waals surface area contributed by atoms with E-state index >= 15 is 0 Å². The van der Waals surface area contributed by atoms with Crippen LogP contribution < -0.4 is 10.6 Å². The summed E-state index contributed by atoms with van der Waals surface area (Å²) in [7, 11) is 1.56. The van der Waals surface area contributed by atoms with E-state index in [-0.39, 0.29) is 18.1 Å². The maximum atomic E-state index is 11.7. The maximum Gasteiger partial charge on any atom is 0.292 e. The van der Waals surface area contributed by atoms with Crippen LogP contribution in [0.5, 0.6) is 0 Å². The number of carbonyl (C=O) groups excluding carboxylic acids is 1. The molecule has 2 rings (SSSR count). The molecule has 2 N–H and O–H groups in total. The Morgan fingerprint density at radius 1 is 1.43 bits per heavy atom. The van der Waals surface area contributed by atoms with Gasteiger partial charge in [0.25, 0.3) is 5.69 Å². The van der Waals surface area contributed by atoms with E-state index in [1.54, 1.807) is 31.5 Å². The molecule has 1 amide bonds. The van der Waals surface area contributed by atoms with Crippen LogP contribution in [0.2, 0.25) is 0 Å². The highest BCUT2D eigenvalue weighted by Gasteiger charge is 2.13. The van der Waals surface area contributed by atoms with Gasteiger partial charge in [0, 0.05) is 25.9 Å². The molecule has 0 unspecified atom stereocenters. The van der Waals surface area contributed by atoms with E-state index in [1.165, 1.54) is 16.9 Å². The van der Waals surface area contributed by atoms with Crippen LogP contribution in [0.3, 0.4) is 0 Å². The lowest BCUT2D eigenvalue weighted by atomic mass is 10.2. The molecule has 0 saturated heterocycles. The molecule has 23 heavy (non-hydrogen) atoms. The number of aromatic nitrogens is 2. The summed E-state index contributed by atoms with van der Waals surface area (Å²) in [5.74, 6) is -0.192. The van der Waals surface area contributed by atoms with Crippen molar-refractivity contribution in [3.8, 4) is 0 Å². The van der Waals surface area contributed by atoms with E-state index in [2.05, 4.69) is 15.7 Å². The quantitative estimate of drug-likeness (QED) is 0.431. The van der Waals surface area contributed by atoms with Crippen molar-refractivity contribution in [3.05, 3.63) is 46.8 Å². The van der Waals surface area contributed by atoms with Gasteiger partial charge in [0.05, 0.1) is 23.4 Å². The second kappa shape index (κ2) is 7.90. The number of para-hydroxylation sites is 2. The van der Waals surface area contributed by atoms with E-state index in [9.17, 15) is 14.9 Å². The predicted molar refractivity (Wildman–Crippen MR) is 83.5 cm³/mol. The van der Waals surface area contributed by atoms with Crippen molar-refractivity contribution in [2.45, 2.75) is 6.54 Å². The summed E-state index contributed by atoms with van der Waals surface area (Å²) in [4.78, 5) is 22.2. The molecule has 9 heteroatoms. The highest BCUT2D eigenvalue weighted by Crippen LogP contribution is 2.26. The van der Waals surface area contributed by atoms with Crippen LogP contribution in [0.4, 0.5) is 17.1 Å². The molecule has 1 aromatic heterocycles. The van der Waals surface area contributed by atoms with E-state index in [0.717, 1.165) is 0 Å². The minimum atomic E-state index is -0.462. The van der Waals surface area contributed by atoms with Crippen LogP contribution in [0.25, 0.3) is 0 Å². The fraction of sp³-hybridized carbons (Fsp3) is 0.286. The Kier molecular flexibility index (Phi) is 5.64. The second-order valence-corrected chi connectivity index (χ2v) is 4.67. The average molecular weight is 319 g/mol. The van der Waals surface area contributed by atoms with Gasteiger partial charge in [-0.05, 0) is 6.07 Å². The van der Waals surface area contributed by atoms with Gasteiger partial charge < -0.3 is 15.4 Å². The Morgan fingerprint density at radius 2 is 2.22 bits per heavy atom. The minimum absolute atomic E-state index is 0.0300. The van der Waals surface area contributed by atoms with Gasteiger partial charge in [-0.1, -0.05) is 12.1 Å². The van der Waals surface area contributed by atoms with Gasteiger partial charge in [-0.25, -0.2) is 0 Å². The number of hydrogen-bond acceptors (Lipinski definition) is 6. The molecule has 0 bridgehead atoms. The van der Waals surface area contributed by atoms with Crippen molar-refractivity contribution < 1.29 is 14.5 Å². The van der Waals surface area contributed by atoms with E-state index in [1.807, 2.05) is 0 Å². The number of hydrogen-bond donors (Lipinski definition) is 2. The lowest BCUT2D eigenvalue weighted by Crippen LogP contribution is -2.30. The third-order valence-electron chi connectivity index (χ3n) is 2.95. The first kappa shape index (κ1) is 16.4. The minimum Gasteiger partial charge on any atom is -0.383 e. The molecule has 0 aliphatic carbocycles. The van der Waals surface area contributed by atoms with Crippen molar-refractivity contribution in [2.75, 3.05) is 25.6 Å². The highest BCUT2D eigenvalue weighted by molar-refractivity contribution is 5.75. The molecular formula is C14H17N5O4. The zero-order valence-corrected chi connectivity index (χ0v) is 12.6. The normalized spacial score (nSPS) is 10.3. The second-order valence-electron chi connectivity index (χ2n) is 4.67.